The van der Waals surface area contributed by atoms with Gasteiger partial charge >= 0.3 is 5.97 Å². The molecule has 6 heteroatoms. The molecule has 1 unspecified atom stereocenters. The predicted molar refractivity (Wildman–Crippen MR) is 100 cm³/mol. The number of esters is 1. The maximum absolute atomic E-state index is 13.6. The van der Waals surface area contributed by atoms with Crippen molar-refractivity contribution < 1.29 is 18.3 Å². The lowest BCUT2D eigenvalue weighted by Crippen LogP contribution is -2.42. The smallest absolute Gasteiger partial charge is 0.311 e. The lowest BCUT2D eigenvalue weighted by molar-refractivity contribution is -0.153. The SMILES string of the molecule is CC(C)(C)C(=O)OCCC(O[Si](C)(C)C(C)(C)C)c1cncc(F)c1. The van der Waals surface area contributed by atoms with E-state index in [0.29, 0.717) is 12.0 Å². The molecule has 0 aromatic carbocycles. The van der Waals surface area contributed by atoms with Crippen LogP contribution in [0.5, 0.6) is 0 Å². The van der Waals surface area contributed by atoms with Gasteiger partial charge in [-0.25, -0.2) is 4.39 Å². The molecule has 0 aliphatic heterocycles. The molecule has 0 saturated carbocycles. The van der Waals surface area contributed by atoms with Gasteiger partial charge in [0.1, 0.15) is 5.82 Å². The molecular weight excluding hydrogens is 337 g/mol. The molecule has 1 atom stereocenters. The predicted octanol–water partition coefficient (Wildman–Crippen LogP) is 5.26. The van der Waals surface area contributed by atoms with Gasteiger partial charge in [-0.15, -0.1) is 0 Å². The van der Waals surface area contributed by atoms with E-state index in [-0.39, 0.29) is 23.7 Å². The van der Waals surface area contributed by atoms with Crippen LogP contribution < -0.4 is 0 Å². The van der Waals surface area contributed by atoms with E-state index >= 15 is 0 Å². The molecule has 0 aliphatic rings. The van der Waals surface area contributed by atoms with Crippen molar-refractivity contribution in [2.24, 2.45) is 5.41 Å². The van der Waals surface area contributed by atoms with Crippen LogP contribution in [0.4, 0.5) is 4.39 Å². The fourth-order valence-electron chi connectivity index (χ4n) is 1.91. The average Bonchev–Trinajstić information content (AvgIpc) is 2.43. The summed E-state index contributed by atoms with van der Waals surface area (Å²) >= 11 is 0. The summed E-state index contributed by atoms with van der Waals surface area (Å²) in [6, 6.07) is 1.44. The van der Waals surface area contributed by atoms with Crippen LogP contribution in [0.3, 0.4) is 0 Å². The van der Waals surface area contributed by atoms with E-state index in [1.54, 1.807) is 6.20 Å². The number of rotatable bonds is 6. The minimum atomic E-state index is -2.07. The highest BCUT2D eigenvalue weighted by Crippen LogP contribution is 2.40. The molecule has 4 nitrogen and oxygen atoms in total. The van der Waals surface area contributed by atoms with Crippen molar-refractivity contribution in [3.8, 4) is 0 Å². The summed E-state index contributed by atoms with van der Waals surface area (Å²) in [4.78, 5) is 15.9. The minimum absolute atomic E-state index is 0.0219. The third-order valence-corrected chi connectivity index (χ3v) is 9.05. The van der Waals surface area contributed by atoms with Crippen molar-refractivity contribution in [2.45, 2.75) is 72.2 Å². The van der Waals surface area contributed by atoms with Gasteiger partial charge < -0.3 is 9.16 Å². The van der Waals surface area contributed by atoms with Crippen molar-refractivity contribution in [2.75, 3.05) is 6.61 Å². The highest BCUT2D eigenvalue weighted by Gasteiger charge is 2.39. The van der Waals surface area contributed by atoms with Crippen LogP contribution in [0, 0.1) is 11.2 Å². The Hall–Kier alpha value is -1.27. The number of halogens is 1. The zero-order chi connectivity index (χ0) is 19.5. The second-order valence-electron chi connectivity index (χ2n) is 8.98. The van der Waals surface area contributed by atoms with E-state index in [1.165, 1.54) is 12.3 Å². The Morgan fingerprint density at radius 2 is 1.80 bits per heavy atom. The van der Waals surface area contributed by atoms with E-state index in [1.807, 2.05) is 20.8 Å². The van der Waals surface area contributed by atoms with Crippen molar-refractivity contribution in [1.29, 1.82) is 0 Å². The quantitative estimate of drug-likeness (QED) is 0.507. The summed E-state index contributed by atoms with van der Waals surface area (Å²) in [6.07, 6.45) is 2.91. The first-order chi connectivity index (χ1) is 11.2. The van der Waals surface area contributed by atoms with Crippen LogP contribution in [0.15, 0.2) is 18.5 Å². The lowest BCUT2D eigenvalue weighted by atomic mass is 9.97. The third-order valence-electron chi connectivity index (χ3n) is 4.57. The highest BCUT2D eigenvalue weighted by atomic mass is 28.4. The fourth-order valence-corrected chi connectivity index (χ4v) is 3.22. The standard InChI is InChI=1S/C19H32FNO3Si/c1-18(2,3)17(22)23-10-9-16(14-11-15(20)13-21-12-14)24-25(7,8)19(4,5)6/h11-13,16H,9-10H2,1-8H3. The van der Waals surface area contributed by atoms with Crippen molar-refractivity contribution in [1.82, 2.24) is 4.98 Å². The number of hydrogen-bond donors (Lipinski definition) is 0. The van der Waals surface area contributed by atoms with Gasteiger partial charge in [0.2, 0.25) is 0 Å². The molecule has 0 bridgehead atoms. The Bertz CT molecular complexity index is 591. The van der Waals surface area contributed by atoms with Crippen LogP contribution >= 0.6 is 0 Å². The van der Waals surface area contributed by atoms with Gasteiger partial charge in [0.05, 0.1) is 24.3 Å². The zero-order valence-electron chi connectivity index (χ0n) is 16.8. The van der Waals surface area contributed by atoms with Crippen LogP contribution in [-0.4, -0.2) is 25.9 Å². The van der Waals surface area contributed by atoms with Gasteiger partial charge in [-0.1, -0.05) is 20.8 Å². The van der Waals surface area contributed by atoms with E-state index in [2.05, 4.69) is 38.8 Å². The molecule has 0 N–H and O–H groups in total. The molecule has 0 radical (unpaired) electrons. The largest absolute Gasteiger partial charge is 0.465 e. The zero-order valence-corrected chi connectivity index (χ0v) is 17.8. The van der Waals surface area contributed by atoms with Gasteiger partial charge in [-0.05, 0) is 45.0 Å². The second-order valence-corrected chi connectivity index (χ2v) is 13.7. The van der Waals surface area contributed by atoms with Gasteiger partial charge in [0, 0.05) is 18.2 Å². The fraction of sp³-hybridized carbons (Fsp3) is 0.684. The maximum Gasteiger partial charge on any atom is 0.311 e. The first-order valence-corrected chi connectivity index (χ1v) is 11.6. The van der Waals surface area contributed by atoms with Gasteiger partial charge in [-0.2, -0.15) is 0 Å². The number of pyridine rings is 1. The molecule has 0 aliphatic carbocycles. The maximum atomic E-state index is 13.6. The molecule has 0 fully saturated rings. The number of carbonyl (C=O) groups is 1. The van der Waals surface area contributed by atoms with Crippen molar-refractivity contribution in [3.63, 3.8) is 0 Å². The van der Waals surface area contributed by atoms with Crippen LogP contribution in [0.2, 0.25) is 18.1 Å². The first kappa shape index (κ1) is 21.8. The third kappa shape index (κ3) is 6.51. The van der Waals surface area contributed by atoms with E-state index < -0.39 is 19.5 Å². The van der Waals surface area contributed by atoms with Gasteiger partial charge in [0.25, 0.3) is 0 Å². The molecule has 1 rings (SSSR count). The van der Waals surface area contributed by atoms with Gasteiger partial charge in [-0.3, -0.25) is 9.78 Å². The molecule has 1 heterocycles. The van der Waals surface area contributed by atoms with Crippen LogP contribution in [-0.2, 0) is 14.0 Å². The van der Waals surface area contributed by atoms with E-state index in [9.17, 15) is 9.18 Å². The lowest BCUT2D eigenvalue weighted by Gasteiger charge is -2.39. The normalized spacial score (nSPS) is 14.3. The molecule has 142 valence electrons. The van der Waals surface area contributed by atoms with Crippen LogP contribution in [0.25, 0.3) is 0 Å². The molecule has 0 saturated heterocycles. The van der Waals surface area contributed by atoms with E-state index in [4.69, 9.17) is 9.16 Å². The molecule has 1 aromatic heterocycles. The summed E-state index contributed by atoms with van der Waals surface area (Å²) in [5.41, 5.74) is 0.132. The highest BCUT2D eigenvalue weighted by molar-refractivity contribution is 6.74. The summed E-state index contributed by atoms with van der Waals surface area (Å²) < 4.78 is 25.4. The number of nitrogens with zero attached hydrogens (tertiary/aromatic N) is 1. The van der Waals surface area contributed by atoms with Crippen molar-refractivity contribution >= 4 is 14.3 Å². The molecule has 0 spiro atoms. The Morgan fingerprint density at radius 1 is 1.20 bits per heavy atom. The Labute approximate surface area is 152 Å². The molecular formula is C19H32FNO3Si. The summed E-state index contributed by atoms with van der Waals surface area (Å²) in [5.74, 6) is -0.649. The van der Waals surface area contributed by atoms with E-state index in [0.717, 1.165) is 0 Å². The minimum Gasteiger partial charge on any atom is -0.465 e. The number of carbonyl (C=O) groups excluding carboxylic acids is 1. The summed E-state index contributed by atoms with van der Waals surface area (Å²) in [7, 11) is -2.07. The topological polar surface area (TPSA) is 48.4 Å². The number of hydrogen-bond acceptors (Lipinski definition) is 4. The second kappa shape index (κ2) is 7.95. The average molecular weight is 370 g/mol. The monoisotopic (exact) mass is 369 g/mol. The summed E-state index contributed by atoms with van der Waals surface area (Å²) in [6.45, 7) is 16.4. The molecule has 25 heavy (non-hydrogen) atoms. The van der Waals surface area contributed by atoms with Crippen molar-refractivity contribution in [3.05, 3.63) is 29.8 Å². The number of ether oxygens (including phenoxy) is 1. The Kier molecular flexibility index (Phi) is 6.93. The van der Waals surface area contributed by atoms with Gasteiger partial charge in [0.15, 0.2) is 8.32 Å². The first-order valence-electron chi connectivity index (χ1n) is 8.69. The van der Waals surface area contributed by atoms with Crippen LogP contribution in [0.1, 0.15) is 59.6 Å². The summed E-state index contributed by atoms with van der Waals surface area (Å²) in [5, 5.41) is 0.0219. The molecule has 1 aromatic rings. The Morgan fingerprint density at radius 3 is 2.28 bits per heavy atom. The Balaban J connectivity index is 2.91. The number of aromatic nitrogens is 1. The molecule has 0 amide bonds.